The van der Waals surface area contributed by atoms with E-state index in [4.69, 9.17) is 18.0 Å². The highest BCUT2D eigenvalue weighted by Gasteiger charge is 2.42. The molecule has 4 nitrogen and oxygen atoms in total. The molecule has 6 heteroatoms. The van der Waals surface area contributed by atoms with E-state index in [2.05, 4.69) is 10.3 Å². The number of carbonyl (C=O) groups is 1. The molecule has 0 bridgehead atoms. The fourth-order valence-corrected chi connectivity index (χ4v) is 3.26. The van der Waals surface area contributed by atoms with Gasteiger partial charge in [-0.2, -0.15) is 0 Å². The Morgan fingerprint density at radius 3 is 2.78 bits per heavy atom. The first kappa shape index (κ1) is 13.4. The first-order valence-corrected chi connectivity index (χ1v) is 7.45. The van der Waals surface area contributed by atoms with E-state index < -0.39 is 5.41 Å². The van der Waals surface area contributed by atoms with Gasteiger partial charge in [-0.3, -0.25) is 4.79 Å². The molecule has 1 heterocycles. The lowest BCUT2D eigenvalue weighted by Crippen LogP contribution is -2.49. The number of nitrogens with zero attached hydrogens (tertiary/aromatic N) is 1. The maximum Gasteiger partial charge on any atom is 0.233 e. The smallest absolute Gasteiger partial charge is 0.233 e. The van der Waals surface area contributed by atoms with E-state index >= 15 is 0 Å². The molecule has 1 fully saturated rings. The van der Waals surface area contributed by atoms with Crippen molar-refractivity contribution in [3.63, 3.8) is 0 Å². The normalized spacial score (nSPS) is 18.2. The third-order valence-corrected chi connectivity index (χ3v) is 4.55. The quantitative estimate of drug-likeness (QED) is 0.829. The highest BCUT2D eigenvalue weighted by atomic mass is 32.1. The van der Waals surface area contributed by atoms with Crippen LogP contribution in [0.4, 0.5) is 0 Å². The molecular weight excluding hydrogens is 266 g/mol. The van der Waals surface area contributed by atoms with Crippen LogP contribution in [0.3, 0.4) is 0 Å². The van der Waals surface area contributed by atoms with Crippen LogP contribution in [0.25, 0.3) is 0 Å². The standard InChI is InChI=1S/C12H17N3OS2/c13-10(17)12(4-2-1-3-5-12)11(16)14-6-9-7-18-8-15-9/h7-8H,1-6H2,(H2,13,17)(H,14,16). The summed E-state index contributed by atoms with van der Waals surface area (Å²) in [4.78, 5) is 16.8. The second kappa shape index (κ2) is 5.75. The SMILES string of the molecule is NC(=S)C1(C(=O)NCc2cscn2)CCCCC1. The average molecular weight is 283 g/mol. The molecule has 1 aromatic heterocycles. The van der Waals surface area contributed by atoms with Gasteiger partial charge in [0.2, 0.25) is 5.91 Å². The first-order chi connectivity index (χ1) is 8.65. The third-order valence-electron chi connectivity index (χ3n) is 3.53. The molecule has 0 radical (unpaired) electrons. The Morgan fingerprint density at radius 2 is 2.22 bits per heavy atom. The number of aromatic nitrogens is 1. The van der Waals surface area contributed by atoms with Gasteiger partial charge in [0, 0.05) is 5.38 Å². The molecule has 0 spiro atoms. The van der Waals surface area contributed by atoms with Gasteiger partial charge in [-0.25, -0.2) is 4.98 Å². The van der Waals surface area contributed by atoms with Gasteiger partial charge in [0.25, 0.3) is 0 Å². The van der Waals surface area contributed by atoms with Crippen molar-refractivity contribution in [2.45, 2.75) is 38.6 Å². The molecule has 1 saturated carbocycles. The second-order valence-electron chi connectivity index (χ2n) is 4.67. The topological polar surface area (TPSA) is 68.0 Å². The van der Waals surface area contributed by atoms with E-state index in [-0.39, 0.29) is 5.91 Å². The Bertz CT molecular complexity index is 425. The molecule has 18 heavy (non-hydrogen) atoms. The summed E-state index contributed by atoms with van der Waals surface area (Å²) < 4.78 is 0. The Kier molecular flexibility index (Phi) is 4.29. The summed E-state index contributed by atoms with van der Waals surface area (Å²) >= 11 is 6.64. The highest BCUT2D eigenvalue weighted by molar-refractivity contribution is 7.80. The van der Waals surface area contributed by atoms with Crippen molar-refractivity contribution in [3.05, 3.63) is 16.6 Å². The van der Waals surface area contributed by atoms with E-state index in [0.717, 1.165) is 37.8 Å². The lowest BCUT2D eigenvalue weighted by atomic mass is 9.73. The van der Waals surface area contributed by atoms with Crippen LogP contribution < -0.4 is 11.1 Å². The number of thiazole rings is 1. The Balaban J connectivity index is 2.02. The van der Waals surface area contributed by atoms with Crippen LogP contribution in [0.1, 0.15) is 37.8 Å². The van der Waals surface area contributed by atoms with E-state index in [1.807, 2.05) is 5.38 Å². The van der Waals surface area contributed by atoms with Gasteiger partial charge in [0.05, 0.1) is 28.2 Å². The van der Waals surface area contributed by atoms with Gasteiger partial charge in [0.15, 0.2) is 0 Å². The van der Waals surface area contributed by atoms with Crippen molar-refractivity contribution < 1.29 is 4.79 Å². The Labute approximate surface area is 116 Å². The zero-order chi connectivity index (χ0) is 13.0. The molecule has 98 valence electrons. The van der Waals surface area contributed by atoms with Crippen molar-refractivity contribution in [1.29, 1.82) is 0 Å². The van der Waals surface area contributed by atoms with Crippen LogP contribution in [0.2, 0.25) is 0 Å². The van der Waals surface area contributed by atoms with Gasteiger partial charge in [-0.15, -0.1) is 11.3 Å². The van der Waals surface area contributed by atoms with Gasteiger partial charge in [-0.05, 0) is 12.8 Å². The largest absolute Gasteiger partial charge is 0.392 e. The fraction of sp³-hybridized carbons (Fsp3) is 0.583. The monoisotopic (exact) mass is 283 g/mol. The summed E-state index contributed by atoms with van der Waals surface area (Å²) in [5, 5.41) is 4.84. The lowest BCUT2D eigenvalue weighted by Gasteiger charge is -2.34. The molecule has 0 unspecified atom stereocenters. The maximum absolute atomic E-state index is 12.4. The van der Waals surface area contributed by atoms with Crippen LogP contribution in [-0.4, -0.2) is 15.9 Å². The molecule has 0 aliphatic heterocycles. The summed E-state index contributed by atoms with van der Waals surface area (Å²) in [5.74, 6) is -0.0392. The minimum Gasteiger partial charge on any atom is -0.392 e. The van der Waals surface area contributed by atoms with Gasteiger partial charge in [-0.1, -0.05) is 31.5 Å². The first-order valence-electron chi connectivity index (χ1n) is 6.10. The molecule has 0 saturated heterocycles. The number of thiocarbonyl (C=S) groups is 1. The fourth-order valence-electron chi connectivity index (χ4n) is 2.41. The van der Waals surface area contributed by atoms with Crippen molar-refractivity contribution in [1.82, 2.24) is 10.3 Å². The third kappa shape index (κ3) is 2.70. The predicted octanol–water partition coefficient (Wildman–Crippen LogP) is 2.00. The van der Waals surface area contributed by atoms with E-state index in [9.17, 15) is 4.79 Å². The number of amides is 1. The molecule has 0 aromatic carbocycles. The number of hydrogen-bond donors (Lipinski definition) is 2. The van der Waals surface area contributed by atoms with E-state index in [1.54, 1.807) is 5.51 Å². The highest BCUT2D eigenvalue weighted by Crippen LogP contribution is 2.37. The predicted molar refractivity (Wildman–Crippen MR) is 76.3 cm³/mol. The summed E-state index contributed by atoms with van der Waals surface area (Å²) in [6.45, 7) is 0.451. The van der Waals surface area contributed by atoms with Gasteiger partial charge >= 0.3 is 0 Å². The molecular formula is C12H17N3OS2. The molecule has 2 rings (SSSR count). The van der Waals surface area contributed by atoms with Crippen LogP contribution in [0, 0.1) is 5.41 Å². The summed E-state index contributed by atoms with van der Waals surface area (Å²) in [5.41, 5.74) is 7.81. The lowest BCUT2D eigenvalue weighted by molar-refractivity contribution is -0.129. The molecule has 1 aliphatic rings. The van der Waals surface area contributed by atoms with E-state index in [0.29, 0.717) is 11.5 Å². The van der Waals surface area contributed by atoms with Crippen molar-refractivity contribution in [2.24, 2.45) is 11.1 Å². The number of rotatable bonds is 4. The van der Waals surface area contributed by atoms with Crippen LogP contribution in [-0.2, 0) is 11.3 Å². The molecule has 1 amide bonds. The number of nitrogens with two attached hydrogens (primary N) is 1. The molecule has 0 atom stereocenters. The maximum atomic E-state index is 12.4. The zero-order valence-electron chi connectivity index (χ0n) is 10.1. The van der Waals surface area contributed by atoms with Crippen LogP contribution in [0.15, 0.2) is 10.9 Å². The van der Waals surface area contributed by atoms with Gasteiger partial charge in [0.1, 0.15) is 0 Å². The van der Waals surface area contributed by atoms with Crippen molar-refractivity contribution in [2.75, 3.05) is 0 Å². The van der Waals surface area contributed by atoms with E-state index in [1.165, 1.54) is 11.3 Å². The van der Waals surface area contributed by atoms with Crippen molar-refractivity contribution >= 4 is 34.5 Å². The number of nitrogens with one attached hydrogen (secondary N) is 1. The Morgan fingerprint density at radius 1 is 1.50 bits per heavy atom. The molecule has 1 aromatic rings. The number of carbonyl (C=O) groups excluding carboxylic acids is 1. The summed E-state index contributed by atoms with van der Waals surface area (Å²) in [7, 11) is 0. The van der Waals surface area contributed by atoms with Gasteiger partial charge < -0.3 is 11.1 Å². The number of hydrogen-bond acceptors (Lipinski definition) is 4. The summed E-state index contributed by atoms with van der Waals surface area (Å²) in [6, 6.07) is 0. The van der Waals surface area contributed by atoms with Crippen molar-refractivity contribution in [3.8, 4) is 0 Å². The van der Waals surface area contributed by atoms with Crippen LogP contribution in [0.5, 0.6) is 0 Å². The molecule has 3 N–H and O–H groups in total. The molecule has 1 aliphatic carbocycles. The summed E-state index contributed by atoms with van der Waals surface area (Å²) in [6.07, 6.45) is 4.73. The minimum atomic E-state index is -0.635. The second-order valence-corrected chi connectivity index (χ2v) is 5.83. The zero-order valence-corrected chi connectivity index (χ0v) is 11.8. The Hall–Kier alpha value is -1.01. The average Bonchev–Trinajstić information content (AvgIpc) is 2.89. The minimum absolute atomic E-state index is 0.0392. The van der Waals surface area contributed by atoms with Crippen LogP contribution >= 0.6 is 23.6 Å².